The van der Waals surface area contributed by atoms with Gasteiger partial charge in [0.15, 0.2) is 0 Å². The first-order valence-electron chi connectivity index (χ1n) is 3.15. The highest BCUT2D eigenvalue weighted by atomic mass is 16.7. The normalized spacial score (nSPS) is 17.3. The molecule has 1 fully saturated rings. The van der Waals surface area contributed by atoms with E-state index in [0.717, 1.165) is 7.85 Å². The van der Waals surface area contributed by atoms with Gasteiger partial charge in [-0.3, -0.25) is 14.4 Å². The Bertz CT molecular complexity index is 211. The first kappa shape index (κ1) is 7.78. The Morgan fingerprint density at radius 2 is 1.82 bits per heavy atom. The Morgan fingerprint density at radius 1 is 1.36 bits per heavy atom. The van der Waals surface area contributed by atoms with Gasteiger partial charge in [0.05, 0.1) is 0 Å². The Labute approximate surface area is 63.7 Å². The first-order chi connectivity index (χ1) is 5.11. The Balaban J connectivity index is 2.62. The van der Waals surface area contributed by atoms with Gasteiger partial charge in [-0.05, 0) is 0 Å². The minimum atomic E-state index is -0.659. The minimum absolute atomic E-state index is 0.131. The van der Waals surface area contributed by atoms with Gasteiger partial charge in [0.2, 0.25) is 7.85 Å². The Morgan fingerprint density at radius 3 is 2.18 bits per heavy atom. The van der Waals surface area contributed by atoms with Crippen molar-refractivity contribution in [2.24, 2.45) is 0 Å². The maximum absolute atomic E-state index is 10.7. The molecule has 0 aromatic heterocycles. The molecule has 2 amide bonds. The highest BCUT2D eigenvalue weighted by Gasteiger charge is 2.31. The predicted octanol–water partition coefficient (Wildman–Crippen LogP) is -1.18. The number of amides is 2. The molecule has 0 radical (unpaired) electrons. The van der Waals surface area contributed by atoms with E-state index in [0.29, 0.717) is 5.06 Å². The molecule has 0 unspecified atom stereocenters. The van der Waals surface area contributed by atoms with Crippen LogP contribution in [0.1, 0.15) is 12.8 Å². The van der Waals surface area contributed by atoms with Gasteiger partial charge < -0.3 is 4.84 Å². The molecule has 0 spiro atoms. The maximum Gasteiger partial charge on any atom is 0.273 e. The van der Waals surface area contributed by atoms with Gasteiger partial charge in [-0.15, -0.1) is 5.06 Å². The van der Waals surface area contributed by atoms with E-state index in [-0.39, 0.29) is 12.8 Å². The topological polar surface area (TPSA) is 63.7 Å². The standard InChI is InChI=1S/C5H6BNO4/c6-5(10)11-7-3(8)1-2-4(7)9/h1-2,6H2. The average Bonchev–Trinajstić information content (AvgIpc) is 2.18. The van der Waals surface area contributed by atoms with Crippen molar-refractivity contribution in [2.45, 2.75) is 12.8 Å². The number of carbonyl (C=O) groups is 3. The van der Waals surface area contributed by atoms with Crippen LogP contribution in [0.25, 0.3) is 0 Å². The molecule has 0 aliphatic carbocycles. The van der Waals surface area contributed by atoms with Crippen molar-refractivity contribution in [1.82, 2.24) is 5.06 Å². The second-order valence-corrected chi connectivity index (χ2v) is 2.16. The van der Waals surface area contributed by atoms with Crippen molar-refractivity contribution in [2.75, 3.05) is 0 Å². The quantitative estimate of drug-likeness (QED) is 0.353. The number of imide groups is 1. The molecular weight excluding hydrogens is 149 g/mol. The zero-order chi connectivity index (χ0) is 8.43. The molecule has 11 heavy (non-hydrogen) atoms. The fraction of sp³-hybridized carbons (Fsp3) is 0.400. The molecule has 1 heterocycles. The molecule has 1 rings (SSSR count). The van der Waals surface area contributed by atoms with Crippen LogP contribution in [0.15, 0.2) is 0 Å². The van der Waals surface area contributed by atoms with Crippen LogP contribution in [0.5, 0.6) is 0 Å². The van der Waals surface area contributed by atoms with Crippen molar-refractivity contribution >= 4 is 25.5 Å². The zero-order valence-electron chi connectivity index (χ0n) is 5.99. The van der Waals surface area contributed by atoms with Gasteiger partial charge >= 0.3 is 0 Å². The monoisotopic (exact) mass is 155 g/mol. The second kappa shape index (κ2) is 2.73. The maximum atomic E-state index is 10.7. The summed E-state index contributed by atoms with van der Waals surface area (Å²) in [5.41, 5.74) is 0. The van der Waals surface area contributed by atoms with Crippen LogP contribution in [0.2, 0.25) is 0 Å². The molecule has 6 heteroatoms. The van der Waals surface area contributed by atoms with E-state index in [1.807, 2.05) is 0 Å². The summed E-state index contributed by atoms with van der Waals surface area (Å²) >= 11 is 0. The molecule has 1 aliphatic heterocycles. The molecule has 0 N–H and O–H groups in total. The number of rotatable bonds is 1. The molecule has 0 saturated carbocycles. The van der Waals surface area contributed by atoms with Gasteiger partial charge in [-0.2, -0.15) is 0 Å². The van der Waals surface area contributed by atoms with E-state index in [2.05, 4.69) is 4.84 Å². The van der Waals surface area contributed by atoms with Crippen molar-refractivity contribution in [1.29, 1.82) is 0 Å². The SMILES string of the molecule is BC(=O)ON1C(=O)CCC1=O. The fourth-order valence-corrected chi connectivity index (χ4v) is 0.786. The largest absolute Gasteiger partial charge is 0.343 e. The van der Waals surface area contributed by atoms with Gasteiger partial charge in [0.1, 0.15) is 0 Å². The number of hydrogen-bond acceptors (Lipinski definition) is 4. The molecular formula is C5H6BNO4. The zero-order valence-corrected chi connectivity index (χ0v) is 5.99. The lowest BCUT2D eigenvalue weighted by atomic mass is 10.2. The van der Waals surface area contributed by atoms with Crippen LogP contribution in [-0.2, 0) is 14.4 Å². The predicted molar refractivity (Wildman–Crippen MR) is 36.1 cm³/mol. The Hall–Kier alpha value is -1.33. The van der Waals surface area contributed by atoms with Crippen LogP contribution < -0.4 is 0 Å². The highest BCUT2D eigenvalue weighted by molar-refractivity contribution is 6.55. The summed E-state index contributed by atoms with van der Waals surface area (Å²) in [5.74, 6) is -1.57. The molecule has 0 aromatic rings. The first-order valence-corrected chi connectivity index (χ1v) is 3.15. The summed E-state index contributed by atoms with van der Waals surface area (Å²) < 4.78 is 0. The van der Waals surface area contributed by atoms with E-state index in [9.17, 15) is 14.4 Å². The number of nitrogens with zero attached hydrogens (tertiary/aromatic N) is 1. The van der Waals surface area contributed by atoms with Gasteiger partial charge in [0, 0.05) is 12.8 Å². The van der Waals surface area contributed by atoms with Crippen molar-refractivity contribution < 1.29 is 19.2 Å². The summed E-state index contributed by atoms with van der Waals surface area (Å²) in [6, 6.07) is 0. The molecule has 0 aromatic carbocycles. The fourth-order valence-electron chi connectivity index (χ4n) is 0.786. The molecule has 5 nitrogen and oxygen atoms in total. The van der Waals surface area contributed by atoms with Gasteiger partial charge in [0.25, 0.3) is 17.7 Å². The lowest BCUT2D eigenvalue weighted by molar-refractivity contribution is -0.169. The van der Waals surface area contributed by atoms with Crippen molar-refractivity contribution in [3.05, 3.63) is 0 Å². The lowest BCUT2D eigenvalue weighted by Crippen LogP contribution is -2.31. The average molecular weight is 155 g/mol. The molecule has 0 atom stereocenters. The number of hydrogen-bond donors (Lipinski definition) is 0. The van der Waals surface area contributed by atoms with Crippen LogP contribution in [0, 0.1) is 0 Å². The summed E-state index contributed by atoms with van der Waals surface area (Å²) in [4.78, 5) is 36.1. The van der Waals surface area contributed by atoms with E-state index >= 15 is 0 Å². The molecule has 0 bridgehead atoms. The minimum Gasteiger partial charge on any atom is -0.343 e. The van der Waals surface area contributed by atoms with Crippen molar-refractivity contribution in [3.8, 4) is 0 Å². The molecule has 1 aliphatic rings. The summed E-state index contributed by atoms with van der Waals surface area (Å²) in [5, 5.41) is 0.516. The van der Waals surface area contributed by atoms with Gasteiger partial charge in [-0.1, -0.05) is 0 Å². The van der Waals surface area contributed by atoms with Crippen molar-refractivity contribution in [3.63, 3.8) is 0 Å². The summed E-state index contributed by atoms with van der Waals surface area (Å²) in [6.07, 6.45) is 0.262. The lowest BCUT2D eigenvalue weighted by Gasteiger charge is -2.10. The number of hydroxylamine groups is 2. The van der Waals surface area contributed by atoms with Crippen LogP contribution in [-0.4, -0.2) is 30.6 Å². The highest BCUT2D eigenvalue weighted by Crippen LogP contribution is 2.11. The van der Waals surface area contributed by atoms with E-state index in [1.165, 1.54) is 0 Å². The van der Waals surface area contributed by atoms with Crippen LogP contribution >= 0.6 is 0 Å². The van der Waals surface area contributed by atoms with Gasteiger partial charge in [-0.25, -0.2) is 0 Å². The van der Waals surface area contributed by atoms with E-state index in [4.69, 9.17) is 0 Å². The third-order valence-corrected chi connectivity index (χ3v) is 1.23. The molecule has 1 saturated heterocycles. The smallest absolute Gasteiger partial charge is 0.273 e. The molecule has 58 valence electrons. The Kier molecular flexibility index (Phi) is 1.93. The van der Waals surface area contributed by atoms with E-state index < -0.39 is 17.7 Å². The van der Waals surface area contributed by atoms with E-state index in [1.54, 1.807) is 0 Å². The number of carbonyl (C=O) groups excluding carboxylic acids is 3. The van der Waals surface area contributed by atoms with Crippen LogP contribution in [0.4, 0.5) is 4.79 Å². The third-order valence-electron chi connectivity index (χ3n) is 1.23. The van der Waals surface area contributed by atoms with Crippen LogP contribution in [0.3, 0.4) is 0 Å². The third kappa shape index (κ3) is 1.57. The summed E-state index contributed by atoms with van der Waals surface area (Å²) in [6.45, 7) is 0. The summed E-state index contributed by atoms with van der Waals surface area (Å²) in [7, 11) is 1.14. The second-order valence-electron chi connectivity index (χ2n) is 2.16.